The van der Waals surface area contributed by atoms with Crippen molar-refractivity contribution in [3.63, 3.8) is 0 Å². The molecule has 5 rings (SSSR count). The summed E-state index contributed by atoms with van der Waals surface area (Å²) in [5.74, 6) is 0.562. The lowest BCUT2D eigenvalue weighted by Gasteiger charge is -2.43. The molecule has 3 fully saturated rings. The third kappa shape index (κ3) is 4.18. The molecule has 2 saturated carbocycles. The molecular weight excluding hydrogens is 410 g/mol. The third-order valence-corrected chi connectivity index (χ3v) is 8.16. The fourth-order valence-electron chi connectivity index (χ4n) is 6.10. The molecule has 2 aliphatic carbocycles. The number of nitrogens with one attached hydrogen (secondary N) is 1. The molecule has 0 unspecified atom stereocenters. The number of carbonyl (C=O) groups excluding carboxylic acids is 2. The lowest BCUT2D eigenvalue weighted by molar-refractivity contribution is -0.143. The Bertz CT molecular complexity index is 1030. The maximum atomic E-state index is 13.7. The van der Waals surface area contributed by atoms with Crippen LogP contribution in [-0.4, -0.2) is 40.8 Å². The van der Waals surface area contributed by atoms with Crippen molar-refractivity contribution in [3.8, 4) is 11.1 Å². The molecule has 1 aromatic heterocycles. The largest absolute Gasteiger partial charge is 0.353 e. The van der Waals surface area contributed by atoms with Crippen LogP contribution in [0.3, 0.4) is 0 Å². The molecule has 5 heteroatoms. The number of rotatable bonds is 6. The van der Waals surface area contributed by atoms with Crippen LogP contribution in [0.1, 0.15) is 57.9 Å². The molecule has 0 bridgehead atoms. The average molecular weight is 446 g/mol. The zero-order valence-corrected chi connectivity index (χ0v) is 19.8. The van der Waals surface area contributed by atoms with E-state index in [1.54, 1.807) is 12.4 Å². The fraction of sp³-hybridized carbons (Fsp3) is 0.536. The maximum absolute atomic E-state index is 13.7. The van der Waals surface area contributed by atoms with E-state index in [2.05, 4.69) is 22.4 Å². The predicted molar refractivity (Wildman–Crippen MR) is 129 cm³/mol. The Morgan fingerprint density at radius 1 is 1.09 bits per heavy atom. The maximum Gasteiger partial charge on any atom is 0.228 e. The highest BCUT2D eigenvalue weighted by molar-refractivity contribution is 5.87. The first-order chi connectivity index (χ1) is 15.9. The van der Waals surface area contributed by atoms with E-state index in [4.69, 9.17) is 0 Å². The molecule has 1 aliphatic heterocycles. The number of nitrogens with zero attached hydrogens (tertiary/aromatic N) is 2. The number of hydrogen-bond acceptors (Lipinski definition) is 3. The quantitative estimate of drug-likeness (QED) is 0.706. The summed E-state index contributed by atoms with van der Waals surface area (Å²) >= 11 is 0. The van der Waals surface area contributed by atoms with Gasteiger partial charge in [-0.15, -0.1) is 0 Å². The number of piperidine rings is 1. The van der Waals surface area contributed by atoms with Gasteiger partial charge in [-0.25, -0.2) is 0 Å². The zero-order chi connectivity index (χ0) is 23.1. The second-order valence-corrected chi connectivity index (χ2v) is 10.8. The van der Waals surface area contributed by atoms with Gasteiger partial charge in [-0.3, -0.25) is 14.6 Å². The smallest absolute Gasteiger partial charge is 0.228 e. The van der Waals surface area contributed by atoms with Crippen LogP contribution in [0.4, 0.5) is 0 Å². The molecule has 1 spiro atoms. The summed E-state index contributed by atoms with van der Waals surface area (Å²) in [4.78, 5) is 33.3. The molecule has 0 radical (unpaired) electrons. The van der Waals surface area contributed by atoms with Crippen LogP contribution in [0.5, 0.6) is 0 Å². The van der Waals surface area contributed by atoms with Gasteiger partial charge in [-0.1, -0.05) is 30.7 Å². The van der Waals surface area contributed by atoms with Gasteiger partial charge in [0.2, 0.25) is 11.8 Å². The summed E-state index contributed by atoms with van der Waals surface area (Å²) in [5, 5.41) is 3.19. The van der Waals surface area contributed by atoms with Gasteiger partial charge >= 0.3 is 0 Å². The monoisotopic (exact) mass is 445 g/mol. The molecule has 2 atom stereocenters. The van der Waals surface area contributed by atoms with Gasteiger partial charge in [-0.05, 0) is 86.6 Å². The molecule has 2 aromatic rings. The normalized spacial score (nSPS) is 25.5. The van der Waals surface area contributed by atoms with E-state index < -0.39 is 5.41 Å². The second-order valence-electron chi connectivity index (χ2n) is 10.8. The number of likely N-dealkylation sites (tertiary alicyclic amines) is 1. The van der Waals surface area contributed by atoms with Crippen LogP contribution >= 0.6 is 0 Å². The predicted octanol–water partition coefficient (Wildman–Crippen LogP) is 4.61. The van der Waals surface area contributed by atoms with E-state index >= 15 is 0 Å². The van der Waals surface area contributed by atoms with E-state index in [0.717, 1.165) is 42.5 Å². The van der Waals surface area contributed by atoms with Crippen molar-refractivity contribution in [3.05, 3.63) is 54.4 Å². The van der Waals surface area contributed by atoms with Gasteiger partial charge < -0.3 is 10.2 Å². The van der Waals surface area contributed by atoms with Crippen LogP contribution in [0, 0.1) is 16.7 Å². The Balaban J connectivity index is 1.44. The highest BCUT2D eigenvalue weighted by atomic mass is 16.2. The SMILES string of the molecule is CC(C)NC(=O)[C@@]1(Cc2ccccc2-c2ccncc2)CCCN(C(=O)[C@H]2CC23CCC3)C1. The van der Waals surface area contributed by atoms with E-state index in [1.165, 1.54) is 19.3 Å². The molecule has 2 amide bonds. The van der Waals surface area contributed by atoms with Gasteiger partial charge in [0.1, 0.15) is 0 Å². The molecule has 2 heterocycles. The fourth-order valence-corrected chi connectivity index (χ4v) is 6.10. The van der Waals surface area contributed by atoms with E-state index in [0.29, 0.717) is 24.3 Å². The van der Waals surface area contributed by atoms with Crippen LogP contribution < -0.4 is 5.32 Å². The van der Waals surface area contributed by atoms with E-state index in [-0.39, 0.29) is 17.9 Å². The minimum absolute atomic E-state index is 0.0672. The van der Waals surface area contributed by atoms with Crippen molar-refractivity contribution in [2.75, 3.05) is 13.1 Å². The van der Waals surface area contributed by atoms with Crippen molar-refractivity contribution >= 4 is 11.8 Å². The van der Waals surface area contributed by atoms with Crippen molar-refractivity contribution in [2.24, 2.45) is 16.7 Å². The van der Waals surface area contributed by atoms with Crippen LogP contribution in [0.2, 0.25) is 0 Å². The van der Waals surface area contributed by atoms with E-state index in [9.17, 15) is 9.59 Å². The van der Waals surface area contributed by atoms with Crippen LogP contribution in [0.25, 0.3) is 11.1 Å². The summed E-state index contributed by atoms with van der Waals surface area (Å²) in [5.41, 5.74) is 3.09. The summed E-state index contributed by atoms with van der Waals surface area (Å²) in [6.45, 7) is 5.30. The number of aromatic nitrogens is 1. The standard InChI is InChI=1S/C28H35N3O2/c1-20(2)30-26(33)28(17-22-7-3-4-8-23(22)21-9-14-29-15-10-21)13-6-16-31(19-28)25(32)24-18-27(24)11-5-12-27/h3-4,7-10,14-15,20,24H,5-6,11-13,16-19H2,1-2H3,(H,30,33)/t24-,28-/m1/s1. The third-order valence-electron chi connectivity index (χ3n) is 8.16. The molecule has 3 aliphatic rings. The molecule has 1 N–H and O–H groups in total. The first-order valence-corrected chi connectivity index (χ1v) is 12.5. The number of hydrogen-bond donors (Lipinski definition) is 1. The van der Waals surface area contributed by atoms with Crippen molar-refractivity contribution in [2.45, 2.75) is 64.8 Å². The number of amides is 2. The van der Waals surface area contributed by atoms with Crippen molar-refractivity contribution < 1.29 is 9.59 Å². The summed E-state index contributed by atoms with van der Waals surface area (Å²) in [7, 11) is 0. The molecular formula is C28H35N3O2. The highest BCUT2D eigenvalue weighted by Gasteiger charge is 2.62. The van der Waals surface area contributed by atoms with Crippen LogP contribution in [0.15, 0.2) is 48.8 Å². The van der Waals surface area contributed by atoms with Gasteiger partial charge in [0, 0.05) is 37.4 Å². The first kappa shape index (κ1) is 22.1. The van der Waals surface area contributed by atoms with Crippen molar-refractivity contribution in [1.82, 2.24) is 15.2 Å². The number of pyridine rings is 1. The van der Waals surface area contributed by atoms with Crippen LogP contribution in [-0.2, 0) is 16.0 Å². The average Bonchev–Trinajstić information content (AvgIpc) is 3.56. The summed E-state index contributed by atoms with van der Waals surface area (Å²) < 4.78 is 0. The summed E-state index contributed by atoms with van der Waals surface area (Å²) in [6, 6.07) is 12.4. The number of carbonyl (C=O) groups is 2. The Morgan fingerprint density at radius 2 is 1.85 bits per heavy atom. The first-order valence-electron chi connectivity index (χ1n) is 12.5. The van der Waals surface area contributed by atoms with Crippen molar-refractivity contribution in [1.29, 1.82) is 0 Å². The second kappa shape index (κ2) is 8.58. The molecule has 1 saturated heterocycles. The topological polar surface area (TPSA) is 62.3 Å². The van der Waals surface area contributed by atoms with Gasteiger partial charge in [0.25, 0.3) is 0 Å². The molecule has 33 heavy (non-hydrogen) atoms. The zero-order valence-electron chi connectivity index (χ0n) is 19.8. The lowest BCUT2D eigenvalue weighted by atomic mass is 9.72. The Kier molecular flexibility index (Phi) is 5.75. The Labute approximate surface area is 197 Å². The van der Waals surface area contributed by atoms with E-state index in [1.807, 2.05) is 43.0 Å². The van der Waals surface area contributed by atoms with Gasteiger partial charge in [0.15, 0.2) is 0 Å². The molecule has 5 nitrogen and oxygen atoms in total. The minimum Gasteiger partial charge on any atom is -0.353 e. The lowest BCUT2D eigenvalue weighted by Crippen LogP contribution is -2.56. The molecule has 174 valence electrons. The summed E-state index contributed by atoms with van der Waals surface area (Å²) in [6.07, 6.45) is 10.6. The van der Waals surface area contributed by atoms with Gasteiger partial charge in [-0.2, -0.15) is 0 Å². The highest BCUT2D eigenvalue weighted by Crippen LogP contribution is 2.66. The Hall–Kier alpha value is -2.69. The Morgan fingerprint density at radius 3 is 2.52 bits per heavy atom. The minimum atomic E-state index is -0.608. The molecule has 1 aromatic carbocycles. The van der Waals surface area contributed by atoms with Gasteiger partial charge in [0.05, 0.1) is 5.41 Å². The number of benzene rings is 1.